The van der Waals surface area contributed by atoms with Gasteiger partial charge in [0.15, 0.2) is 0 Å². The number of hydrogen-bond acceptors (Lipinski definition) is 2. The molecule has 3 nitrogen and oxygen atoms in total. The molecule has 0 aromatic rings. The third-order valence-electron chi connectivity index (χ3n) is 4.73. The Balaban J connectivity index is 1.85. The van der Waals surface area contributed by atoms with Gasteiger partial charge in [0.2, 0.25) is 5.91 Å². The number of rotatable bonds is 6. The van der Waals surface area contributed by atoms with Crippen LogP contribution in [0.3, 0.4) is 0 Å². The maximum absolute atomic E-state index is 12.2. The lowest BCUT2D eigenvalue weighted by molar-refractivity contribution is -0.126. The first-order chi connectivity index (χ1) is 8.72. The molecule has 2 fully saturated rings. The molecule has 0 saturated heterocycles. The zero-order chi connectivity index (χ0) is 13.0. The molecule has 0 aliphatic heterocycles. The second-order valence-corrected chi connectivity index (χ2v) is 6.15. The van der Waals surface area contributed by atoms with E-state index in [1.807, 2.05) is 6.92 Å². The number of nitrogens with one attached hydrogen (secondary N) is 1. The van der Waals surface area contributed by atoms with E-state index in [9.17, 15) is 9.90 Å². The van der Waals surface area contributed by atoms with E-state index < -0.39 is 0 Å². The summed E-state index contributed by atoms with van der Waals surface area (Å²) in [7, 11) is 0. The van der Waals surface area contributed by atoms with Crippen LogP contribution in [0.2, 0.25) is 0 Å². The Labute approximate surface area is 110 Å². The minimum Gasteiger partial charge on any atom is -0.396 e. The molecule has 2 aliphatic carbocycles. The second kappa shape index (κ2) is 6.55. The average Bonchev–Trinajstić information content (AvgIpc) is 3.22. The summed E-state index contributed by atoms with van der Waals surface area (Å²) in [4.78, 5) is 12.2. The Kier molecular flexibility index (Phi) is 5.04. The van der Waals surface area contributed by atoms with E-state index in [4.69, 9.17) is 0 Å². The van der Waals surface area contributed by atoms with Crippen LogP contribution in [0.4, 0.5) is 0 Å². The Morgan fingerprint density at radius 3 is 2.39 bits per heavy atom. The van der Waals surface area contributed by atoms with Crippen molar-refractivity contribution >= 4 is 5.91 Å². The molecule has 0 aromatic carbocycles. The van der Waals surface area contributed by atoms with Crippen molar-refractivity contribution in [3.05, 3.63) is 0 Å². The molecule has 3 heteroatoms. The Bertz CT molecular complexity index is 270. The largest absolute Gasteiger partial charge is 0.396 e. The Morgan fingerprint density at radius 2 is 1.83 bits per heavy atom. The van der Waals surface area contributed by atoms with Gasteiger partial charge in [-0.05, 0) is 43.9 Å². The van der Waals surface area contributed by atoms with Crippen LogP contribution in [0, 0.1) is 17.8 Å². The first kappa shape index (κ1) is 13.9. The average molecular weight is 253 g/mol. The first-order valence-electron chi connectivity index (χ1n) is 7.63. The SMILES string of the molecule is CC(C(=O)NC(CCO)C1CCCCC1)C1CC1. The summed E-state index contributed by atoms with van der Waals surface area (Å²) in [5, 5.41) is 12.4. The van der Waals surface area contributed by atoms with Crippen molar-refractivity contribution in [2.24, 2.45) is 17.8 Å². The van der Waals surface area contributed by atoms with Crippen LogP contribution in [-0.2, 0) is 4.79 Å². The van der Waals surface area contributed by atoms with E-state index in [0.717, 1.165) is 0 Å². The smallest absolute Gasteiger partial charge is 0.223 e. The van der Waals surface area contributed by atoms with Crippen LogP contribution in [-0.4, -0.2) is 23.7 Å². The van der Waals surface area contributed by atoms with Gasteiger partial charge in [0.1, 0.15) is 0 Å². The maximum atomic E-state index is 12.2. The molecule has 0 heterocycles. The number of hydrogen-bond donors (Lipinski definition) is 2. The highest BCUT2D eigenvalue weighted by Crippen LogP contribution is 2.37. The fraction of sp³-hybridized carbons (Fsp3) is 0.933. The predicted molar refractivity (Wildman–Crippen MR) is 72.1 cm³/mol. The lowest BCUT2D eigenvalue weighted by Crippen LogP contribution is -2.44. The summed E-state index contributed by atoms with van der Waals surface area (Å²) >= 11 is 0. The lowest BCUT2D eigenvalue weighted by Gasteiger charge is -2.31. The van der Waals surface area contributed by atoms with Crippen LogP contribution in [0.25, 0.3) is 0 Å². The second-order valence-electron chi connectivity index (χ2n) is 6.15. The summed E-state index contributed by atoms with van der Waals surface area (Å²) in [6, 6.07) is 0.198. The van der Waals surface area contributed by atoms with Crippen molar-refractivity contribution in [3.63, 3.8) is 0 Å². The quantitative estimate of drug-likeness (QED) is 0.764. The molecular weight excluding hydrogens is 226 g/mol. The van der Waals surface area contributed by atoms with Crippen molar-refractivity contribution in [2.45, 2.75) is 64.3 Å². The van der Waals surface area contributed by atoms with Crippen molar-refractivity contribution in [2.75, 3.05) is 6.61 Å². The maximum Gasteiger partial charge on any atom is 0.223 e. The number of aliphatic hydroxyl groups excluding tert-OH is 1. The van der Waals surface area contributed by atoms with E-state index in [1.54, 1.807) is 0 Å². The highest BCUT2D eigenvalue weighted by molar-refractivity contribution is 5.79. The van der Waals surface area contributed by atoms with Gasteiger partial charge in [0.25, 0.3) is 0 Å². The van der Waals surface area contributed by atoms with Gasteiger partial charge < -0.3 is 10.4 Å². The number of carbonyl (C=O) groups excluding carboxylic acids is 1. The van der Waals surface area contributed by atoms with Crippen molar-refractivity contribution in [3.8, 4) is 0 Å². The molecular formula is C15H27NO2. The molecule has 2 unspecified atom stereocenters. The zero-order valence-corrected chi connectivity index (χ0v) is 11.5. The fourth-order valence-corrected chi connectivity index (χ4v) is 3.23. The fourth-order valence-electron chi connectivity index (χ4n) is 3.23. The minimum absolute atomic E-state index is 0.162. The van der Waals surface area contributed by atoms with Gasteiger partial charge >= 0.3 is 0 Å². The third kappa shape index (κ3) is 3.71. The van der Waals surface area contributed by atoms with Crippen LogP contribution in [0.5, 0.6) is 0 Å². The highest BCUT2D eigenvalue weighted by Gasteiger charge is 2.34. The normalized spacial score (nSPS) is 24.6. The number of aliphatic hydroxyl groups is 1. The van der Waals surface area contributed by atoms with Gasteiger partial charge in [-0.25, -0.2) is 0 Å². The zero-order valence-electron chi connectivity index (χ0n) is 11.5. The molecule has 104 valence electrons. The molecule has 2 atom stereocenters. The monoisotopic (exact) mass is 253 g/mol. The van der Waals surface area contributed by atoms with Gasteiger partial charge in [-0.2, -0.15) is 0 Å². The predicted octanol–water partition coefficient (Wildman–Crippen LogP) is 2.48. The molecule has 0 aromatic heterocycles. The van der Waals surface area contributed by atoms with Gasteiger partial charge in [-0.1, -0.05) is 26.2 Å². The third-order valence-corrected chi connectivity index (χ3v) is 4.73. The van der Waals surface area contributed by atoms with E-state index >= 15 is 0 Å². The van der Waals surface area contributed by atoms with Crippen LogP contribution >= 0.6 is 0 Å². The highest BCUT2D eigenvalue weighted by atomic mass is 16.3. The van der Waals surface area contributed by atoms with E-state index in [-0.39, 0.29) is 24.5 Å². The van der Waals surface area contributed by atoms with Crippen LogP contribution in [0.15, 0.2) is 0 Å². The van der Waals surface area contributed by atoms with Gasteiger partial charge in [-0.3, -0.25) is 4.79 Å². The van der Waals surface area contributed by atoms with Gasteiger partial charge in [0, 0.05) is 18.6 Å². The molecule has 2 N–H and O–H groups in total. The van der Waals surface area contributed by atoms with E-state index in [2.05, 4.69) is 5.32 Å². The Hall–Kier alpha value is -0.570. The Morgan fingerprint density at radius 1 is 1.17 bits per heavy atom. The summed E-state index contributed by atoms with van der Waals surface area (Å²) in [5.41, 5.74) is 0. The summed E-state index contributed by atoms with van der Waals surface area (Å²) in [6.07, 6.45) is 9.45. The standard InChI is InChI=1S/C15H27NO2/c1-11(12-7-8-12)15(18)16-14(9-10-17)13-5-3-2-4-6-13/h11-14,17H,2-10H2,1H3,(H,16,18). The summed E-state index contributed by atoms with van der Waals surface area (Å²) in [5.74, 6) is 1.57. The molecule has 0 radical (unpaired) electrons. The van der Waals surface area contributed by atoms with Crippen LogP contribution < -0.4 is 5.32 Å². The van der Waals surface area contributed by atoms with Crippen molar-refractivity contribution in [1.29, 1.82) is 0 Å². The molecule has 18 heavy (non-hydrogen) atoms. The molecule has 1 amide bonds. The summed E-state index contributed by atoms with van der Waals surface area (Å²) in [6.45, 7) is 2.23. The topological polar surface area (TPSA) is 49.3 Å². The van der Waals surface area contributed by atoms with Crippen molar-refractivity contribution < 1.29 is 9.90 Å². The molecule has 2 rings (SSSR count). The first-order valence-corrected chi connectivity index (χ1v) is 7.63. The lowest BCUT2D eigenvalue weighted by atomic mass is 9.82. The molecule has 0 bridgehead atoms. The molecule has 0 spiro atoms. The summed E-state index contributed by atoms with van der Waals surface area (Å²) < 4.78 is 0. The number of carbonyl (C=O) groups is 1. The molecule has 2 saturated carbocycles. The number of amides is 1. The van der Waals surface area contributed by atoms with Gasteiger partial charge in [-0.15, -0.1) is 0 Å². The van der Waals surface area contributed by atoms with E-state index in [1.165, 1.54) is 44.9 Å². The van der Waals surface area contributed by atoms with E-state index in [0.29, 0.717) is 18.3 Å². The molecule has 2 aliphatic rings. The van der Waals surface area contributed by atoms with Crippen molar-refractivity contribution in [1.82, 2.24) is 5.32 Å². The van der Waals surface area contributed by atoms with Crippen LogP contribution in [0.1, 0.15) is 58.3 Å². The van der Waals surface area contributed by atoms with Gasteiger partial charge in [0.05, 0.1) is 0 Å². The minimum atomic E-state index is 0.162.